The van der Waals surface area contributed by atoms with Gasteiger partial charge in [-0.3, -0.25) is 9.59 Å². The maximum absolute atomic E-state index is 12.5. The van der Waals surface area contributed by atoms with Crippen LogP contribution in [0.4, 0.5) is 0 Å². The molecule has 23 heavy (non-hydrogen) atoms. The van der Waals surface area contributed by atoms with E-state index in [9.17, 15) is 9.59 Å². The first-order valence-electron chi connectivity index (χ1n) is 7.41. The topological polar surface area (TPSA) is 73.2 Å². The second-order valence-electron chi connectivity index (χ2n) is 5.45. The van der Waals surface area contributed by atoms with E-state index in [1.54, 1.807) is 32.6 Å². The molecule has 1 heterocycles. The summed E-state index contributed by atoms with van der Waals surface area (Å²) in [7, 11) is 1.54. The molecule has 0 saturated heterocycles. The van der Waals surface area contributed by atoms with Gasteiger partial charge < -0.3 is 10.1 Å². The summed E-state index contributed by atoms with van der Waals surface area (Å²) in [6, 6.07) is 9.26. The van der Waals surface area contributed by atoms with Crippen LogP contribution < -0.4 is 5.32 Å². The largest absolute Gasteiger partial charge is 0.383 e. The first-order valence-corrected chi connectivity index (χ1v) is 7.41. The van der Waals surface area contributed by atoms with Crippen molar-refractivity contribution in [2.45, 2.75) is 26.8 Å². The van der Waals surface area contributed by atoms with Gasteiger partial charge in [0.2, 0.25) is 0 Å². The number of benzene rings is 1. The fraction of sp³-hybridized carbons (Fsp3) is 0.353. The molecule has 0 aliphatic carbocycles. The molecule has 0 saturated carbocycles. The van der Waals surface area contributed by atoms with Crippen molar-refractivity contribution in [1.29, 1.82) is 0 Å². The minimum Gasteiger partial charge on any atom is -0.383 e. The lowest BCUT2D eigenvalue weighted by molar-refractivity contribution is -0.117. The van der Waals surface area contributed by atoms with Crippen LogP contribution in [0.15, 0.2) is 30.3 Å². The number of methoxy groups -OCH3 is 1. The number of nitrogens with zero attached hydrogens (tertiary/aromatic N) is 2. The Morgan fingerprint density at radius 2 is 1.91 bits per heavy atom. The summed E-state index contributed by atoms with van der Waals surface area (Å²) in [5.74, 6) is -1.22. The van der Waals surface area contributed by atoms with E-state index >= 15 is 0 Å². The molecule has 0 radical (unpaired) electrons. The molecule has 1 aromatic carbocycles. The normalized spacial score (nSPS) is 12.0. The van der Waals surface area contributed by atoms with Gasteiger partial charge in [-0.2, -0.15) is 5.10 Å². The average Bonchev–Trinajstić information content (AvgIpc) is 2.82. The van der Waals surface area contributed by atoms with Crippen molar-refractivity contribution in [3.63, 3.8) is 0 Å². The Labute approximate surface area is 135 Å². The Morgan fingerprint density at radius 1 is 1.26 bits per heavy atom. The Kier molecular flexibility index (Phi) is 5.28. The highest BCUT2D eigenvalue weighted by atomic mass is 16.5. The van der Waals surface area contributed by atoms with Crippen molar-refractivity contribution in [2.75, 3.05) is 13.7 Å². The summed E-state index contributed by atoms with van der Waals surface area (Å²) >= 11 is 0. The van der Waals surface area contributed by atoms with E-state index < -0.39 is 11.7 Å². The van der Waals surface area contributed by atoms with Gasteiger partial charge in [0.25, 0.3) is 11.7 Å². The van der Waals surface area contributed by atoms with Crippen molar-refractivity contribution in [3.8, 4) is 5.69 Å². The second-order valence-corrected chi connectivity index (χ2v) is 5.45. The molecule has 6 heteroatoms. The van der Waals surface area contributed by atoms with Crippen LogP contribution in [0.5, 0.6) is 0 Å². The van der Waals surface area contributed by atoms with Gasteiger partial charge in [-0.15, -0.1) is 0 Å². The molecule has 1 N–H and O–H groups in total. The lowest BCUT2D eigenvalue weighted by Crippen LogP contribution is -2.40. The number of carbonyl (C=O) groups is 2. The molecule has 1 atom stereocenters. The van der Waals surface area contributed by atoms with Crippen LogP contribution >= 0.6 is 0 Å². The number of nitrogens with one attached hydrogen (secondary N) is 1. The zero-order valence-electron chi connectivity index (χ0n) is 13.8. The minimum atomic E-state index is -0.645. The molecule has 0 spiro atoms. The van der Waals surface area contributed by atoms with E-state index in [1.807, 2.05) is 30.3 Å². The number of hydrogen-bond donors (Lipinski definition) is 1. The molecule has 2 aromatic rings. The summed E-state index contributed by atoms with van der Waals surface area (Å²) in [6.07, 6.45) is 0. The highest BCUT2D eigenvalue weighted by Gasteiger charge is 2.25. The van der Waals surface area contributed by atoms with Crippen molar-refractivity contribution in [3.05, 3.63) is 47.3 Å². The zero-order chi connectivity index (χ0) is 17.0. The molecular weight excluding hydrogens is 294 g/mol. The maximum atomic E-state index is 12.5. The minimum absolute atomic E-state index is 0.235. The van der Waals surface area contributed by atoms with Crippen LogP contribution in [-0.2, 0) is 9.53 Å². The number of amides is 1. The van der Waals surface area contributed by atoms with E-state index in [0.29, 0.717) is 23.6 Å². The van der Waals surface area contributed by atoms with Crippen LogP contribution in [0, 0.1) is 13.8 Å². The Hall–Kier alpha value is -2.47. The number of ketones is 1. The number of carbonyl (C=O) groups excluding carboxylic acids is 2. The molecule has 0 aliphatic rings. The summed E-state index contributed by atoms with van der Waals surface area (Å²) < 4.78 is 6.63. The van der Waals surface area contributed by atoms with Gasteiger partial charge in [0.1, 0.15) is 0 Å². The predicted octanol–water partition coefficient (Wildman–Crippen LogP) is 1.82. The molecule has 1 aromatic heterocycles. The first kappa shape index (κ1) is 16.9. The van der Waals surface area contributed by atoms with Crippen molar-refractivity contribution in [1.82, 2.24) is 15.1 Å². The Balaban J connectivity index is 2.28. The Bertz CT molecular complexity index is 707. The van der Waals surface area contributed by atoms with Gasteiger partial charge in [-0.25, -0.2) is 4.68 Å². The number of rotatable bonds is 6. The number of Topliss-reactive ketones (excluding diaryl/α,β-unsaturated/α-hetero) is 1. The van der Waals surface area contributed by atoms with Gasteiger partial charge in [-0.1, -0.05) is 18.2 Å². The van der Waals surface area contributed by atoms with Crippen LogP contribution in [0.2, 0.25) is 0 Å². The van der Waals surface area contributed by atoms with E-state index in [2.05, 4.69) is 10.4 Å². The molecule has 6 nitrogen and oxygen atoms in total. The molecular formula is C17H21N3O3. The van der Waals surface area contributed by atoms with E-state index in [0.717, 1.165) is 5.69 Å². The number of aromatic nitrogens is 2. The number of aryl methyl sites for hydroxylation is 1. The fourth-order valence-electron chi connectivity index (χ4n) is 2.49. The van der Waals surface area contributed by atoms with Gasteiger partial charge in [0.15, 0.2) is 0 Å². The summed E-state index contributed by atoms with van der Waals surface area (Å²) in [4.78, 5) is 24.6. The highest BCUT2D eigenvalue weighted by molar-refractivity contribution is 6.43. The standard InChI is InChI=1S/C17H21N3O3/c1-11(10-23-4)18-17(22)16(21)15-12(2)19-20(13(15)3)14-8-6-5-7-9-14/h5-9,11H,10H2,1-4H3,(H,18,22). The van der Waals surface area contributed by atoms with Crippen LogP contribution in [0.3, 0.4) is 0 Å². The monoisotopic (exact) mass is 315 g/mol. The smallest absolute Gasteiger partial charge is 0.292 e. The lowest BCUT2D eigenvalue weighted by atomic mass is 10.1. The molecule has 122 valence electrons. The van der Waals surface area contributed by atoms with Crippen LogP contribution in [0.25, 0.3) is 5.69 Å². The third kappa shape index (κ3) is 3.65. The summed E-state index contributed by atoms with van der Waals surface area (Å²) in [5.41, 5.74) is 2.37. The average molecular weight is 315 g/mol. The van der Waals surface area contributed by atoms with Crippen molar-refractivity contribution in [2.24, 2.45) is 0 Å². The predicted molar refractivity (Wildman–Crippen MR) is 86.8 cm³/mol. The Morgan fingerprint density at radius 3 is 2.52 bits per heavy atom. The van der Waals surface area contributed by atoms with Crippen molar-refractivity contribution < 1.29 is 14.3 Å². The van der Waals surface area contributed by atoms with E-state index in [4.69, 9.17) is 4.74 Å². The third-order valence-electron chi connectivity index (χ3n) is 3.52. The van der Waals surface area contributed by atoms with Gasteiger partial charge >= 0.3 is 0 Å². The number of hydrogen-bond acceptors (Lipinski definition) is 4. The van der Waals surface area contributed by atoms with E-state index in [1.165, 1.54) is 0 Å². The van der Waals surface area contributed by atoms with Crippen molar-refractivity contribution >= 4 is 11.7 Å². The van der Waals surface area contributed by atoms with E-state index in [-0.39, 0.29) is 6.04 Å². The molecule has 0 aliphatic heterocycles. The van der Waals surface area contributed by atoms with Gasteiger partial charge in [0, 0.05) is 13.2 Å². The molecule has 1 unspecified atom stereocenters. The molecule has 0 fully saturated rings. The molecule has 1 amide bonds. The van der Waals surface area contributed by atoms with Gasteiger partial charge in [0.05, 0.1) is 29.2 Å². The summed E-state index contributed by atoms with van der Waals surface area (Å²) in [5, 5.41) is 7.02. The second kappa shape index (κ2) is 7.19. The summed E-state index contributed by atoms with van der Waals surface area (Å²) in [6.45, 7) is 5.64. The molecule has 0 bridgehead atoms. The third-order valence-corrected chi connectivity index (χ3v) is 3.52. The van der Waals surface area contributed by atoms with Gasteiger partial charge in [-0.05, 0) is 32.9 Å². The number of para-hydroxylation sites is 1. The highest BCUT2D eigenvalue weighted by Crippen LogP contribution is 2.18. The fourth-order valence-corrected chi connectivity index (χ4v) is 2.49. The number of ether oxygens (including phenoxy) is 1. The first-order chi connectivity index (χ1) is 11.0. The molecule has 2 rings (SSSR count). The zero-order valence-corrected chi connectivity index (χ0v) is 13.8. The van der Waals surface area contributed by atoms with Crippen LogP contribution in [0.1, 0.15) is 28.7 Å². The van der Waals surface area contributed by atoms with Crippen LogP contribution in [-0.4, -0.2) is 41.2 Å². The lowest BCUT2D eigenvalue weighted by Gasteiger charge is -2.12. The quantitative estimate of drug-likeness (QED) is 0.652. The maximum Gasteiger partial charge on any atom is 0.292 e. The SMILES string of the molecule is COCC(C)NC(=O)C(=O)c1c(C)nn(-c2ccccc2)c1C.